The summed E-state index contributed by atoms with van der Waals surface area (Å²) < 4.78 is 0.830. The van der Waals surface area contributed by atoms with Gasteiger partial charge in [0.25, 0.3) is 0 Å². The molecular weight excluding hydrogens is 312 g/mol. The zero-order chi connectivity index (χ0) is 14.8. The molecule has 0 aliphatic carbocycles. The Morgan fingerprint density at radius 3 is 2.37 bits per heavy atom. The summed E-state index contributed by atoms with van der Waals surface area (Å²) in [6, 6.07) is 3.38. The van der Waals surface area contributed by atoms with Crippen molar-refractivity contribution in [3.05, 3.63) is 22.3 Å². The van der Waals surface area contributed by atoms with Crippen molar-refractivity contribution in [2.45, 2.75) is 27.7 Å². The molecule has 0 saturated heterocycles. The molecule has 1 aromatic rings. The minimum atomic E-state index is -1.14. The van der Waals surface area contributed by atoms with Crippen molar-refractivity contribution in [2.24, 2.45) is 11.3 Å². The Kier molecular flexibility index (Phi) is 4.68. The van der Waals surface area contributed by atoms with Gasteiger partial charge in [-0.3, -0.25) is 9.59 Å². The number of carboxylic acid groups (broad SMARTS) is 1. The van der Waals surface area contributed by atoms with Crippen LogP contribution in [-0.2, 0) is 9.59 Å². The molecule has 0 aliphatic heterocycles. The number of amides is 1. The van der Waals surface area contributed by atoms with Crippen LogP contribution in [0.15, 0.2) is 16.6 Å². The molecule has 1 atom stereocenters. The molecule has 0 fully saturated rings. The molecule has 1 aromatic heterocycles. The monoisotopic (exact) mass is 328 g/mol. The van der Waals surface area contributed by atoms with Crippen molar-refractivity contribution >= 4 is 33.6 Å². The number of carbonyl (C=O) groups is 2. The average molecular weight is 329 g/mol. The van der Waals surface area contributed by atoms with Gasteiger partial charge in [0.15, 0.2) is 0 Å². The Hall–Kier alpha value is -1.43. The number of anilines is 1. The predicted molar refractivity (Wildman–Crippen MR) is 75.9 cm³/mol. The Balaban J connectivity index is 2.94. The highest BCUT2D eigenvalue weighted by molar-refractivity contribution is 9.10. The maximum atomic E-state index is 12.1. The first-order chi connectivity index (χ1) is 8.62. The number of pyridine rings is 1. The van der Waals surface area contributed by atoms with Crippen LogP contribution in [0, 0.1) is 18.3 Å². The molecule has 0 spiro atoms. The number of hydrogen-bond donors (Lipinski definition) is 2. The third-order valence-electron chi connectivity index (χ3n) is 2.65. The number of carbonyl (C=O) groups excluding carboxylic acids is 1. The number of rotatable bonds is 3. The maximum Gasteiger partial charge on any atom is 0.316 e. The average Bonchev–Trinajstić information content (AvgIpc) is 2.20. The van der Waals surface area contributed by atoms with Gasteiger partial charge in [-0.1, -0.05) is 20.8 Å². The van der Waals surface area contributed by atoms with E-state index in [1.54, 1.807) is 39.8 Å². The molecule has 19 heavy (non-hydrogen) atoms. The number of nitrogens with zero attached hydrogens (tertiary/aromatic N) is 1. The summed E-state index contributed by atoms with van der Waals surface area (Å²) in [5.74, 6) is -2.48. The molecule has 1 heterocycles. The van der Waals surface area contributed by atoms with Crippen molar-refractivity contribution < 1.29 is 14.7 Å². The highest BCUT2D eigenvalue weighted by atomic mass is 79.9. The fraction of sp³-hybridized carbons (Fsp3) is 0.462. The third kappa shape index (κ3) is 4.02. The van der Waals surface area contributed by atoms with Crippen LogP contribution in [0.5, 0.6) is 0 Å². The predicted octanol–water partition coefficient (Wildman–Crippen LogP) is 2.84. The van der Waals surface area contributed by atoms with Crippen LogP contribution in [0.2, 0.25) is 0 Å². The van der Waals surface area contributed by atoms with Crippen LogP contribution >= 0.6 is 15.9 Å². The second kappa shape index (κ2) is 5.69. The highest BCUT2D eigenvalue weighted by Crippen LogP contribution is 2.27. The summed E-state index contributed by atoms with van der Waals surface area (Å²) in [5, 5.41) is 11.7. The topological polar surface area (TPSA) is 79.3 Å². The number of aliphatic carboxylic acids is 1. The molecule has 1 rings (SSSR count). The van der Waals surface area contributed by atoms with Gasteiger partial charge in [-0.15, -0.1) is 0 Å². The van der Waals surface area contributed by atoms with Gasteiger partial charge in [0.1, 0.15) is 11.7 Å². The molecular formula is C13H17BrN2O3. The van der Waals surface area contributed by atoms with E-state index in [0.29, 0.717) is 5.82 Å². The fourth-order valence-electron chi connectivity index (χ4n) is 1.69. The molecule has 104 valence electrons. The normalized spacial score (nSPS) is 12.9. The van der Waals surface area contributed by atoms with Crippen molar-refractivity contribution in [1.29, 1.82) is 0 Å². The molecule has 0 aliphatic rings. The van der Waals surface area contributed by atoms with E-state index < -0.39 is 23.2 Å². The van der Waals surface area contributed by atoms with Crippen molar-refractivity contribution in [3.63, 3.8) is 0 Å². The Bertz CT molecular complexity index is 509. The molecule has 0 radical (unpaired) electrons. The van der Waals surface area contributed by atoms with E-state index in [1.807, 2.05) is 0 Å². The summed E-state index contributed by atoms with van der Waals surface area (Å²) in [7, 11) is 0. The Morgan fingerprint density at radius 2 is 1.95 bits per heavy atom. The first kappa shape index (κ1) is 15.6. The van der Waals surface area contributed by atoms with Crippen LogP contribution < -0.4 is 5.32 Å². The molecule has 0 aromatic carbocycles. The molecule has 6 heteroatoms. The van der Waals surface area contributed by atoms with Gasteiger partial charge in [0.05, 0.1) is 5.69 Å². The Labute approximate surface area is 120 Å². The third-order valence-corrected chi connectivity index (χ3v) is 3.49. The molecule has 1 amide bonds. The zero-order valence-corrected chi connectivity index (χ0v) is 12.9. The minimum absolute atomic E-state index is 0.348. The van der Waals surface area contributed by atoms with Crippen LogP contribution in [0.25, 0.3) is 0 Å². The van der Waals surface area contributed by atoms with Gasteiger partial charge >= 0.3 is 5.97 Å². The first-order valence-electron chi connectivity index (χ1n) is 5.79. The van der Waals surface area contributed by atoms with Crippen molar-refractivity contribution in [3.8, 4) is 0 Å². The van der Waals surface area contributed by atoms with E-state index in [9.17, 15) is 9.59 Å². The zero-order valence-electron chi connectivity index (χ0n) is 11.3. The minimum Gasteiger partial charge on any atom is -0.481 e. The van der Waals surface area contributed by atoms with Crippen LogP contribution in [0.1, 0.15) is 26.5 Å². The number of carboxylic acids is 1. The maximum absolute atomic E-state index is 12.1. The fourth-order valence-corrected chi connectivity index (χ4v) is 1.91. The summed E-state index contributed by atoms with van der Waals surface area (Å²) >= 11 is 3.31. The molecule has 2 N–H and O–H groups in total. The van der Waals surface area contributed by atoms with Gasteiger partial charge in [0, 0.05) is 4.47 Å². The summed E-state index contributed by atoms with van der Waals surface area (Å²) in [5.41, 5.74) is 0.0563. The van der Waals surface area contributed by atoms with Crippen LogP contribution in [0.3, 0.4) is 0 Å². The van der Waals surface area contributed by atoms with Gasteiger partial charge in [-0.05, 0) is 40.4 Å². The van der Waals surface area contributed by atoms with Gasteiger partial charge in [-0.25, -0.2) is 4.98 Å². The SMILES string of the molecule is Cc1nc(NC(=O)C(C(=O)O)C(C)(C)C)ccc1Br. The smallest absolute Gasteiger partial charge is 0.316 e. The summed E-state index contributed by atoms with van der Waals surface area (Å²) in [6.45, 7) is 6.93. The van der Waals surface area contributed by atoms with Crippen molar-refractivity contribution in [2.75, 3.05) is 5.32 Å². The number of hydrogen-bond acceptors (Lipinski definition) is 3. The lowest BCUT2D eigenvalue weighted by Crippen LogP contribution is -2.39. The lowest BCUT2D eigenvalue weighted by molar-refractivity contribution is -0.149. The second-order valence-electron chi connectivity index (χ2n) is 5.39. The quantitative estimate of drug-likeness (QED) is 0.836. The Morgan fingerprint density at radius 1 is 1.37 bits per heavy atom. The molecule has 5 nitrogen and oxygen atoms in total. The van der Waals surface area contributed by atoms with Gasteiger partial charge in [0.2, 0.25) is 5.91 Å². The molecule has 0 bridgehead atoms. The number of nitrogens with one attached hydrogen (secondary N) is 1. The lowest BCUT2D eigenvalue weighted by Gasteiger charge is -2.25. The van der Waals surface area contributed by atoms with E-state index in [4.69, 9.17) is 5.11 Å². The van der Waals surface area contributed by atoms with Crippen molar-refractivity contribution in [1.82, 2.24) is 4.98 Å². The summed E-state index contributed by atoms with van der Waals surface area (Å²) in [6.07, 6.45) is 0. The van der Waals surface area contributed by atoms with E-state index >= 15 is 0 Å². The van der Waals surface area contributed by atoms with E-state index in [-0.39, 0.29) is 0 Å². The van der Waals surface area contributed by atoms with Crippen LogP contribution in [-0.4, -0.2) is 22.0 Å². The number of aryl methyl sites for hydroxylation is 1. The lowest BCUT2D eigenvalue weighted by atomic mass is 9.80. The summed E-state index contributed by atoms with van der Waals surface area (Å²) in [4.78, 5) is 27.4. The van der Waals surface area contributed by atoms with Crippen LogP contribution in [0.4, 0.5) is 5.82 Å². The number of aromatic nitrogens is 1. The largest absolute Gasteiger partial charge is 0.481 e. The second-order valence-corrected chi connectivity index (χ2v) is 6.24. The van der Waals surface area contributed by atoms with E-state index in [0.717, 1.165) is 10.2 Å². The number of halogens is 1. The molecule has 1 unspecified atom stereocenters. The van der Waals surface area contributed by atoms with E-state index in [1.165, 1.54) is 0 Å². The highest BCUT2D eigenvalue weighted by Gasteiger charge is 2.37. The standard InChI is InChI=1S/C13H17BrN2O3/c1-7-8(14)5-6-9(15-7)16-11(17)10(12(18)19)13(2,3)4/h5-6,10H,1-4H3,(H,18,19)(H,15,16,17). The van der Waals surface area contributed by atoms with Gasteiger partial charge in [-0.2, -0.15) is 0 Å². The van der Waals surface area contributed by atoms with Gasteiger partial charge < -0.3 is 10.4 Å². The molecule has 0 saturated carbocycles. The first-order valence-corrected chi connectivity index (χ1v) is 6.59. The van der Waals surface area contributed by atoms with E-state index in [2.05, 4.69) is 26.2 Å².